The average Bonchev–Trinajstić information content (AvgIpc) is 2.27. The summed E-state index contributed by atoms with van der Waals surface area (Å²) in [6, 6.07) is 0. The molecule has 10 heavy (non-hydrogen) atoms. The SMILES string of the molecule is O=C1[C]C2CC=CC=C2O1. The predicted molar refractivity (Wildman–Crippen MR) is 34.7 cm³/mol. The minimum absolute atomic E-state index is 0.0949. The third kappa shape index (κ3) is 0.764. The van der Waals surface area contributed by atoms with E-state index in [0.29, 0.717) is 0 Å². The topological polar surface area (TPSA) is 26.3 Å². The van der Waals surface area contributed by atoms with Crippen LogP contribution in [0.4, 0.5) is 0 Å². The first kappa shape index (κ1) is 5.71. The number of hydrogen-bond donors (Lipinski definition) is 0. The van der Waals surface area contributed by atoms with E-state index in [1.54, 1.807) is 0 Å². The molecule has 1 aliphatic carbocycles. The van der Waals surface area contributed by atoms with E-state index in [2.05, 4.69) is 6.42 Å². The highest BCUT2D eigenvalue weighted by Crippen LogP contribution is 2.30. The van der Waals surface area contributed by atoms with Gasteiger partial charge in [0.25, 0.3) is 0 Å². The number of fused-ring (bicyclic) bond motifs is 1. The highest BCUT2D eigenvalue weighted by Gasteiger charge is 2.30. The smallest absolute Gasteiger partial charge is 0.320 e. The molecule has 1 aliphatic heterocycles. The number of carbonyl (C=O) groups excluding carboxylic acids is 1. The quantitative estimate of drug-likeness (QED) is 0.463. The van der Waals surface area contributed by atoms with Gasteiger partial charge < -0.3 is 4.74 Å². The summed E-state index contributed by atoms with van der Waals surface area (Å²) in [5, 5.41) is 0. The van der Waals surface area contributed by atoms with Crippen LogP contribution < -0.4 is 0 Å². The summed E-state index contributed by atoms with van der Waals surface area (Å²) in [7, 11) is 0. The van der Waals surface area contributed by atoms with E-state index in [4.69, 9.17) is 4.74 Å². The van der Waals surface area contributed by atoms with Crippen LogP contribution in [0.2, 0.25) is 0 Å². The molecule has 2 radical (unpaired) electrons. The first-order valence-corrected chi connectivity index (χ1v) is 3.21. The number of carbonyl (C=O) groups is 1. The number of hydrogen-bond acceptors (Lipinski definition) is 2. The Morgan fingerprint density at radius 1 is 1.70 bits per heavy atom. The zero-order valence-corrected chi connectivity index (χ0v) is 5.33. The molecule has 2 rings (SSSR count). The Balaban J connectivity index is 2.26. The Hall–Kier alpha value is -1.05. The van der Waals surface area contributed by atoms with Crippen LogP contribution in [0, 0.1) is 12.3 Å². The van der Waals surface area contributed by atoms with Gasteiger partial charge in [0.15, 0.2) is 0 Å². The largest absolute Gasteiger partial charge is 0.430 e. The summed E-state index contributed by atoms with van der Waals surface area (Å²) in [4.78, 5) is 10.6. The van der Waals surface area contributed by atoms with E-state index in [1.165, 1.54) is 0 Å². The van der Waals surface area contributed by atoms with Crippen LogP contribution in [0.5, 0.6) is 0 Å². The summed E-state index contributed by atoms with van der Waals surface area (Å²) >= 11 is 0. The lowest BCUT2D eigenvalue weighted by Gasteiger charge is -2.06. The molecule has 2 aliphatic rings. The normalized spacial score (nSPS) is 29.4. The van der Waals surface area contributed by atoms with Crippen molar-refractivity contribution < 1.29 is 9.53 Å². The Labute approximate surface area is 59.2 Å². The van der Waals surface area contributed by atoms with Gasteiger partial charge in [0.05, 0.1) is 0 Å². The molecule has 0 saturated carbocycles. The van der Waals surface area contributed by atoms with Crippen LogP contribution in [0.15, 0.2) is 24.0 Å². The van der Waals surface area contributed by atoms with Crippen molar-refractivity contribution >= 4 is 5.97 Å². The Bertz CT molecular complexity index is 225. The molecule has 1 atom stereocenters. The van der Waals surface area contributed by atoms with Crippen LogP contribution in [0.3, 0.4) is 0 Å². The first-order valence-electron chi connectivity index (χ1n) is 3.21. The van der Waals surface area contributed by atoms with Crippen molar-refractivity contribution in [1.29, 1.82) is 0 Å². The molecular weight excluding hydrogens is 128 g/mol. The molecule has 1 fully saturated rings. The summed E-state index contributed by atoms with van der Waals surface area (Å²) in [6.07, 6.45) is 9.23. The number of rotatable bonds is 0. The van der Waals surface area contributed by atoms with Gasteiger partial charge in [-0.05, 0) is 12.5 Å². The van der Waals surface area contributed by atoms with Gasteiger partial charge in [0, 0.05) is 5.92 Å². The summed E-state index contributed by atoms with van der Waals surface area (Å²) in [5.41, 5.74) is 0. The van der Waals surface area contributed by atoms with Gasteiger partial charge in [0.1, 0.15) is 12.2 Å². The Morgan fingerprint density at radius 2 is 2.60 bits per heavy atom. The molecule has 2 heteroatoms. The molecule has 2 nitrogen and oxygen atoms in total. The van der Waals surface area contributed by atoms with Gasteiger partial charge in [-0.2, -0.15) is 0 Å². The van der Waals surface area contributed by atoms with Crippen molar-refractivity contribution in [2.24, 2.45) is 5.92 Å². The standard InChI is InChI=1S/C8H6O2/c9-8-5-6-3-1-2-4-7(6)10-8/h1-2,4,6H,3H2. The molecule has 0 aromatic rings. The molecule has 1 heterocycles. The molecular formula is C8H6O2. The van der Waals surface area contributed by atoms with Gasteiger partial charge in [-0.3, -0.25) is 4.79 Å². The minimum Gasteiger partial charge on any atom is -0.430 e. The third-order valence-corrected chi connectivity index (χ3v) is 1.61. The highest BCUT2D eigenvalue weighted by atomic mass is 16.5. The van der Waals surface area contributed by atoms with Crippen LogP contribution in [-0.2, 0) is 9.53 Å². The lowest BCUT2D eigenvalue weighted by Crippen LogP contribution is -1.98. The molecule has 0 N–H and O–H groups in total. The maximum atomic E-state index is 10.6. The first-order chi connectivity index (χ1) is 4.86. The number of esters is 1. The molecule has 0 aromatic heterocycles. The molecule has 0 aromatic carbocycles. The maximum absolute atomic E-state index is 10.6. The van der Waals surface area contributed by atoms with Crippen LogP contribution in [-0.4, -0.2) is 5.97 Å². The van der Waals surface area contributed by atoms with E-state index in [-0.39, 0.29) is 11.9 Å². The molecule has 0 bridgehead atoms. The molecule has 0 spiro atoms. The molecule has 1 unspecified atom stereocenters. The van der Waals surface area contributed by atoms with Crippen LogP contribution >= 0.6 is 0 Å². The van der Waals surface area contributed by atoms with Crippen LogP contribution in [0.25, 0.3) is 0 Å². The van der Waals surface area contributed by atoms with Crippen molar-refractivity contribution in [3.8, 4) is 0 Å². The second-order valence-corrected chi connectivity index (χ2v) is 2.32. The molecule has 0 amide bonds. The second kappa shape index (κ2) is 1.97. The van der Waals surface area contributed by atoms with E-state index >= 15 is 0 Å². The second-order valence-electron chi connectivity index (χ2n) is 2.32. The van der Waals surface area contributed by atoms with Gasteiger partial charge in [-0.15, -0.1) is 0 Å². The average molecular weight is 134 g/mol. The zero-order valence-electron chi connectivity index (χ0n) is 5.33. The highest BCUT2D eigenvalue weighted by molar-refractivity contribution is 5.84. The number of ether oxygens (including phenoxy) is 1. The van der Waals surface area contributed by atoms with Crippen molar-refractivity contribution in [1.82, 2.24) is 0 Å². The fraction of sp³-hybridized carbons (Fsp3) is 0.250. The van der Waals surface area contributed by atoms with E-state index < -0.39 is 0 Å². The predicted octanol–water partition coefficient (Wildman–Crippen LogP) is 1.08. The fourth-order valence-corrected chi connectivity index (χ4v) is 1.12. The van der Waals surface area contributed by atoms with Crippen molar-refractivity contribution in [2.75, 3.05) is 0 Å². The summed E-state index contributed by atoms with van der Waals surface area (Å²) in [6.45, 7) is 0. The van der Waals surface area contributed by atoms with Gasteiger partial charge in [-0.1, -0.05) is 12.2 Å². The monoisotopic (exact) mass is 134 g/mol. The summed E-state index contributed by atoms with van der Waals surface area (Å²) in [5.74, 6) is 0.505. The van der Waals surface area contributed by atoms with E-state index in [0.717, 1.165) is 12.2 Å². The fourth-order valence-electron chi connectivity index (χ4n) is 1.12. The Morgan fingerprint density at radius 3 is 3.40 bits per heavy atom. The third-order valence-electron chi connectivity index (χ3n) is 1.61. The van der Waals surface area contributed by atoms with E-state index in [9.17, 15) is 4.79 Å². The minimum atomic E-state index is -0.333. The number of allylic oxidation sites excluding steroid dienone is 4. The lowest BCUT2D eigenvalue weighted by molar-refractivity contribution is -0.132. The van der Waals surface area contributed by atoms with Crippen molar-refractivity contribution in [3.05, 3.63) is 30.4 Å². The zero-order chi connectivity index (χ0) is 6.97. The van der Waals surface area contributed by atoms with Crippen molar-refractivity contribution in [3.63, 3.8) is 0 Å². The maximum Gasteiger partial charge on any atom is 0.320 e. The molecule has 50 valence electrons. The summed E-state index contributed by atoms with van der Waals surface area (Å²) < 4.78 is 4.83. The van der Waals surface area contributed by atoms with Crippen LogP contribution in [0.1, 0.15) is 6.42 Å². The Kier molecular flexibility index (Phi) is 1.13. The molecule has 1 saturated heterocycles. The van der Waals surface area contributed by atoms with E-state index in [1.807, 2.05) is 18.2 Å². The van der Waals surface area contributed by atoms with Gasteiger partial charge >= 0.3 is 5.97 Å². The van der Waals surface area contributed by atoms with Gasteiger partial charge in [0.2, 0.25) is 0 Å². The lowest BCUT2D eigenvalue weighted by atomic mass is 9.98. The van der Waals surface area contributed by atoms with Gasteiger partial charge in [-0.25, -0.2) is 0 Å². The van der Waals surface area contributed by atoms with Crippen molar-refractivity contribution in [2.45, 2.75) is 6.42 Å².